The SMILES string of the molecule is CC(C)N1C(=O)[C@@H](NC(=O)[C@@H](Cc2cccc(F)c2)NC(=O)OC(C)(C)C)CCc2cc(F)cc(F)c21. The number of rotatable bonds is 6. The van der Waals surface area contributed by atoms with Crippen LogP contribution in [0.3, 0.4) is 0 Å². The molecule has 7 nitrogen and oxygen atoms in total. The summed E-state index contributed by atoms with van der Waals surface area (Å²) in [6.07, 6.45) is -0.705. The van der Waals surface area contributed by atoms with E-state index in [2.05, 4.69) is 10.6 Å². The van der Waals surface area contributed by atoms with E-state index in [0.29, 0.717) is 11.1 Å². The highest BCUT2D eigenvalue weighted by Crippen LogP contribution is 2.32. The molecule has 1 aliphatic heterocycles. The molecule has 0 radical (unpaired) electrons. The summed E-state index contributed by atoms with van der Waals surface area (Å²) in [4.78, 5) is 40.5. The Morgan fingerprint density at radius 2 is 1.81 bits per heavy atom. The number of aryl methyl sites for hydroxylation is 1. The largest absolute Gasteiger partial charge is 0.444 e. The van der Waals surface area contributed by atoms with E-state index < -0.39 is 59.1 Å². The van der Waals surface area contributed by atoms with Crippen LogP contribution in [0.25, 0.3) is 0 Å². The lowest BCUT2D eigenvalue weighted by molar-refractivity contribution is -0.129. The summed E-state index contributed by atoms with van der Waals surface area (Å²) in [5.74, 6) is -3.39. The standard InChI is InChI=1S/C27H32F3N3O4/c1-15(2)33-23-17(13-19(29)14-20(23)30)9-10-21(25(33)35)31-24(34)22(32-26(36)37-27(3,4)5)12-16-7-6-8-18(28)11-16/h6-8,11,13-15,21-22H,9-10,12H2,1-5H3,(H,31,34)(H,32,36)/t21-,22+/m0/s1. The van der Waals surface area contributed by atoms with Gasteiger partial charge in [0.25, 0.3) is 0 Å². The van der Waals surface area contributed by atoms with Crippen molar-refractivity contribution in [1.82, 2.24) is 10.6 Å². The Labute approximate surface area is 214 Å². The van der Waals surface area contributed by atoms with E-state index in [1.54, 1.807) is 40.7 Å². The van der Waals surface area contributed by atoms with Gasteiger partial charge in [0.2, 0.25) is 11.8 Å². The molecular formula is C27H32F3N3O4. The van der Waals surface area contributed by atoms with Gasteiger partial charge < -0.3 is 20.3 Å². The second-order valence-corrected chi connectivity index (χ2v) is 10.3. The lowest BCUT2D eigenvalue weighted by Gasteiger charge is -2.30. The molecular weight excluding hydrogens is 487 g/mol. The third kappa shape index (κ3) is 7.24. The van der Waals surface area contributed by atoms with Crippen molar-refractivity contribution < 1.29 is 32.3 Å². The maximum Gasteiger partial charge on any atom is 0.408 e. The first-order valence-electron chi connectivity index (χ1n) is 12.1. The van der Waals surface area contributed by atoms with Crippen LogP contribution in [-0.4, -0.2) is 41.6 Å². The zero-order valence-electron chi connectivity index (χ0n) is 21.5. The van der Waals surface area contributed by atoms with Crippen molar-refractivity contribution in [2.45, 2.75) is 77.6 Å². The van der Waals surface area contributed by atoms with Crippen LogP contribution >= 0.6 is 0 Å². The average Bonchev–Trinajstić information content (AvgIpc) is 2.89. The molecule has 2 N–H and O–H groups in total. The number of alkyl carbamates (subject to hydrolysis) is 1. The summed E-state index contributed by atoms with van der Waals surface area (Å²) in [6.45, 7) is 8.37. The minimum absolute atomic E-state index is 0.0126. The number of carbonyl (C=O) groups excluding carboxylic acids is 3. The number of nitrogens with one attached hydrogen (secondary N) is 2. The summed E-state index contributed by atoms with van der Waals surface area (Å²) in [5, 5.41) is 5.15. The predicted octanol–water partition coefficient (Wildman–Crippen LogP) is 4.41. The van der Waals surface area contributed by atoms with Gasteiger partial charge in [-0.2, -0.15) is 0 Å². The molecule has 0 aliphatic carbocycles. The molecule has 10 heteroatoms. The number of nitrogens with zero attached hydrogens (tertiary/aromatic N) is 1. The van der Waals surface area contributed by atoms with Crippen LogP contribution < -0.4 is 15.5 Å². The molecule has 3 rings (SSSR count). The fourth-order valence-corrected chi connectivity index (χ4v) is 4.26. The molecule has 1 aliphatic rings. The molecule has 200 valence electrons. The quantitative estimate of drug-likeness (QED) is 0.592. The van der Waals surface area contributed by atoms with E-state index in [1.165, 1.54) is 29.2 Å². The van der Waals surface area contributed by atoms with Crippen molar-refractivity contribution in [1.29, 1.82) is 0 Å². The normalized spacial score (nSPS) is 16.6. The summed E-state index contributed by atoms with van der Waals surface area (Å²) in [5.41, 5.74) is -0.0811. The second kappa shape index (κ2) is 11.2. The molecule has 37 heavy (non-hydrogen) atoms. The van der Waals surface area contributed by atoms with Gasteiger partial charge in [-0.1, -0.05) is 12.1 Å². The van der Waals surface area contributed by atoms with Gasteiger partial charge >= 0.3 is 6.09 Å². The van der Waals surface area contributed by atoms with Gasteiger partial charge in [0.1, 0.15) is 35.1 Å². The molecule has 0 saturated carbocycles. The van der Waals surface area contributed by atoms with Gasteiger partial charge in [-0.05, 0) is 76.8 Å². The second-order valence-electron chi connectivity index (χ2n) is 10.3. The summed E-state index contributed by atoms with van der Waals surface area (Å²) in [6, 6.07) is 4.73. The average molecular weight is 520 g/mol. The van der Waals surface area contributed by atoms with Crippen molar-refractivity contribution in [3.8, 4) is 0 Å². The summed E-state index contributed by atoms with van der Waals surface area (Å²) in [7, 11) is 0. The number of anilines is 1. The molecule has 1 heterocycles. The molecule has 0 aromatic heterocycles. The third-order valence-electron chi connectivity index (χ3n) is 5.76. The maximum atomic E-state index is 14.8. The van der Waals surface area contributed by atoms with Crippen molar-refractivity contribution >= 4 is 23.6 Å². The summed E-state index contributed by atoms with van der Waals surface area (Å²) >= 11 is 0. The van der Waals surface area contributed by atoms with E-state index in [4.69, 9.17) is 4.74 Å². The zero-order valence-corrected chi connectivity index (χ0v) is 21.5. The van der Waals surface area contributed by atoms with Crippen molar-refractivity contribution in [3.05, 3.63) is 65.0 Å². The van der Waals surface area contributed by atoms with Gasteiger partial charge in [0.15, 0.2) is 0 Å². The minimum atomic E-state index is -1.20. The molecule has 2 atom stereocenters. The summed E-state index contributed by atoms with van der Waals surface area (Å²) < 4.78 is 47.7. The molecule has 2 aromatic carbocycles. The topological polar surface area (TPSA) is 87.7 Å². The van der Waals surface area contributed by atoms with E-state index in [9.17, 15) is 27.6 Å². The number of halogens is 3. The number of carbonyl (C=O) groups is 3. The van der Waals surface area contributed by atoms with Crippen molar-refractivity contribution in [3.63, 3.8) is 0 Å². The van der Waals surface area contributed by atoms with E-state index >= 15 is 0 Å². The lowest BCUT2D eigenvalue weighted by Crippen LogP contribution is -2.56. The fraction of sp³-hybridized carbons (Fsp3) is 0.444. The first-order chi connectivity index (χ1) is 17.2. The van der Waals surface area contributed by atoms with Crippen LogP contribution in [0.4, 0.5) is 23.7 Å². The molecule has 0 bridgehead atoms. The van der Waals surface area contributed by atoms with Crippen LogP contribution in [0.5, 0.6) is 0 Å². The Hall–Kier alpha value is -3.56. The zero-order chi connectivity index (χ0) is 27.5. The van der Waals surface area contributed by atoms with Gasteiger partial charge in [0.05, 0.1) is 5.69 Å². The molecule has 0 saturated heterocycles. The number of ether oxygens (including phenoxy) is 1. The first kappa shape index (κ1) is 28.0. The Bertz CT molecular complexity index is 1180. The predicted molar refractivity (Wildman–Crippen MR) is 132 cm³/mol. The number of amides is 3. The molecule has 3 amide bonds. The van der Waals surface area contributed by atoms with E-state index in [-0.39, 0.29) is 24.9 Å². The van der Waals surface area contributed by atoms with E-state index in [0.717, 1.165) is 6.07 Å². The van der Waals surface area contributed by atoms with Gasteiger partial charge in [-0.15, -0.1) is 0 Å². The van der Waals surface area contributed by atoms with Crippen molar-refractivity contribution in [2.75, 3.05) is 4.90 Å². The van der Waals surface area contributed by atoms with Crippen LogP contribution in [0.15, 0.2) is 36.4 Å². The third-order valence-corrected chi connectivity index (χ3v) is 5.76. The smallest absolute Gasteiger partial charge is 0.408 e. The highest BCUT2D eigenvalue weighted by atomic mass is 19.1. The molecule has 0 fully saturated rings. The maximum absolute atomic E-state index is 14.8. The number of hydrogen-bond donors (Lipinski definition) is 2. The molecule has 2 aromatic rings. The highest BCUT2D eigenvalue weighted by molar-refractivity contribution is 6.01. The van der Waals surface area contributed by atoms with Gasteiger partial charge in [0, 0.05) is 18.5 Å². The van der Waals surface area contributed by atoms with Crippen LogP contribution in [-0.2, 0) is 27.2 Å². The highest BCUT2D eigenvalue weighted by Gasteiger charge is 2.36. The Morgan fingerprint density at radius 3 is 2.43 bits per heavy atom. The van der Waals surface area contributed by atoms with Gasteiger partial charge in [-0.25, -0.2) is 18.0 Å². The number of benzene rings is 2. The van der Waals surface area contributed by atoms with Crippen LogP contribution in [0, 0.1) is 17.5 Å². The number of hydrogen-bond acceptors (Lipinski definition) is 4. The minimum Gasteiger partial charge on any atom is -0.444 e. The van der Waals surface area contributed by atoms with Gasteiger partial charge in [-0.3, -0.25) is 9.59 Å². The van der Waals surface area contributed by atoms with Crippen LogP contribution in [0.2, 0.25) is 0 Å². The van der Waals surface area contributed by atoms with E-state index in [1.807, 2.05) is 0 Å². The Kier molecular flexibility index (Phi) is 8.50. The Morgan fingerprint density at radius 1 is 1.11 bits per heavy atom. The molecule has 0 spiro atoms. The first-order valence-corrected chi connectivity index (χ1v) is 12.1. The van der Waals surface area contributed by atoms with Crippen molar-refractivity contribution in [2.24, 2.45) is 0 Å². The Balaban J connectivity index is 1.87. The monoisotopic (exact) mass is 519 g/mol. The molecule has 0 unspecified atom stereocenters. The fourth-order valence-electron chi connectivity index (χ4n) is 4.26. The number of fused-ring (bicyclic) bond motifs is 1. The van der Waals surface area contributed by atoms with Crippen LogP contribution in [0.1, 0.15) is 52.2 Å². The lowest BCUT2D eigenvalue weighted by atomic mass is 10.0.